The van der Waals surface area contributed by atoms with Gasteiger partial charge in [-0.1, -0.05) is 19.8 Å². The van der Waals surface area contributed by atoms with Crippen LogP contribution >= 0.6 is 0 Å². The fourth-order valence-electron chi connectivity index (χ4n) is 2.29. The summed E-state index contributed by atoms with van der Waals surface area (Å²) >= 11 is 0. The van der Waals surface area contributed by atoms with E-state index in [1.165, 1.54) is 19.3 Å². The van der Waals surface area contributed by atoms with E-state index in [2.05, 4.69) is 19.2 Å². The number of hydrogen-bond donors (Lipinski definition) is 1. The van der Waals surface area contributed by atoms with E-state index in [1.807, 2.05) is 4.90 Å². The van der Waals surface area contributed by atoms with Crippen LogP contribution in [0.1, 0.15) is 46.0 Å². The number of nitrogens with one attached hydrogen (secondary N) is 1. The summed E-state index contributed by atoms with van der Waals surface area (Å²) in [5.41, 5.74) is 0. The van der Waals surface area contributed by atoms with Gasteiger partial charge in [0.15, 0.2) is 0 Å². The Hall–Kier alpha value is -0.730. The van der Waals surface area contributed by atoms with Crippen LogP contribution in [0.25, 0.3) is 0 Å². The Kier molecular flexibility index (Phi) is 4.23. The molecule has 82 valence electrons. The minimum absolute atomic E-state index is 0.0936. The Morgan fingerprint density at radius 3 is 2.79 bits per heavy atom. The molecule has 0 aliphatic carbocycles. The molecular formula is C11H22N2O. The minimum atomic E-state index is 0.0936. The molecule has 1 aliphatic heterocycles. The molecule has 1 saturated heterocycles. The second-order valence-corrected chi connectivity index (χ2v) is 4.18. The Morgan fingerprint density at radius 2 is 2.21 bits per heavy atom. The van der Waals surface area contributed by atoms with Gasteiger partial charge in [-0.15, -0.1) is 0 Å². The monoisotopic (exact) mass is 198 g/mol. The first-order valence-electron chi connectivity index (χ1n) is 5.70. The highest BCUT2D eigenvalue weighted by molar-refractivity contribution is 5.74. The van der Waals surface area contributed by atoms with Gasteiger partial charge in [0.05, 0.1) is 0 Å². The van der Waals surface area contributed by atoms with Crippen molar-refractivity contribution in [3.8, 4) is 0 Å². The van der Waals surface area contributed by atoms with E-state index < -0.39 is 0 Å². The smallest absolute Gasteiger partial charge is 0.317 e. The van der Waals surface area contributed by atoms with Crippen molar-refractivity contribution in [1.82, 2.24) is 10.2 Å². The van der Waals surface area contributed by atoms with Crippen molar-refractivity contribution >= 4 is 6.03 Å². The highest BCUT2D eigenvalue weighted by atomic mass is 16.2. The number of rotatable bonds is 3. The molecule has 0 aromatic rings. The van der Waals surface area contributed by atoms with Gasteiger partial charge in [-0.05, 0) is 26.2 Å². The molecule has 2 unspecified atom stereocenters. The Morgan fingerprint density at radius 1 is 1.50 bits per heavy atom. The number of urea groups is 1. The Labute approximate surface area is 86.9 Å². The van der Waals surface area contributed by atoms with Crippen LogP contribution in [0.3, 0.4) is 0 Å². The zero-order valence-corrected chi connectivity index (χ0v) is 9.55. The van der Waals surface area contributed by atoms with Crippen LogP contribution in [0.4, 0.5) is 4.79 Å². The lowest BCUT2D eigenvalue weighted by atomic mass is 10.1. The average molecular weight is 198 g/mol. The molecule has 3 nitrogen and oxygen atoms in total. The largest absolute Gasteiger partial charge is 0.341 e. The molecule has 0 aromatic carbocycles. The number of carbonyl (C=O) groups is 1. The molecule has 1 fully saturated rings. The van der Waals surface area contributed by atoms with Crippen LogP contribution in [0.2, 0.25) is 0 Å². The summed E-state index contributed by atoms with van der Waals surface area (Å²) in [7, 11) is 1.71. The third kappa shape index (κ3) is 2.40. The van der Waals surface area contributed by atoms with Crippen LogP contribution in [0.5, 0.6) is 0 Å². The second kappa shape index (κ2) is 5.23. The number of nitrogens with zero attached hydrogens (tertiary/aromatic N) is 1. The molecule has 3 heteroatoms. The number of amides is 2. The van der Waals surface area contributed by atoms with Gasteiger partial charge in [-0.3, -0.25) is 0 Å². The molecule has 1 heterocycles. The highest BCUT2D eigenvalue weighted by Crippen LogP contribution is 2.27. The van der Waals surface area contributed by atoms with Crippen molar-refractivity contribution in [1.29, 1.82) is 0 Å². The van der Waals surface area contributed by atoms with Gasteiger partial charge < -0.3 is 10.2 Å². The minimum Gasteiger partial charge on any atom is -0.341 e. The normalized spacial score (nSPS) is 26.6. The lowest BCUT2D eigenvalue weighted by Crippen LogP contribution is -2.44. The lowest BCUT2D eigenvalue weighted by molar-refractivity contribution is 0.174. The Bertz CT molecular complexity index is 194. The van der Waals surface area contributed by atoms with Gasteiger partial charge in [-0.25, -0.2) is 4.79 Å². The summed E-state index contributed by atoms with van der Waals surface area (Å²) in [4.78, 5) is 13.6. The molecule has 14 heavy (non-hydrogen) atoms. The first-order valence-corrected chi connectivity index (χ1v) is 5.70. The van der Waals surface area contributed by atoms with Crippen LogP contribution in [-0.4, -0.2) is 30.1 Å². The van der Waals surface area contributed by atoms with Crippen molar-refractivity contribution in [3.05, 3.63) is 0 Å². The van der Waals surface area contributed by atoms with E-state index in [-0.39, 0.29) is 6.03 Å². The molecule has 2 atom stereocenters. The van der Waals surface area contributed by atoms with Crippen molar-refractivity contribution in [3.63, 3.8) is 0 Å². The fraction of sp³-hybridized carbons (Fsp3) is 0.909. The molecule has 0 bridgehead atoms. The first kappa shape index (κ1) is 11.3. The molecule has 0 spiro atoms. The highest BCUT2D eigenvalue weighted by Gasteiger charge is 2.32. The summed E-state index contributed by atoms with van der Waals surface area (Å²) < 4.78 is 0. The van der Waals surface area contributed by atoms with Crippen LogP contribution < -0.4 is 5.32 Å². The summed E-state index contributed by atoms with van der Waals surface area (Å²) in [5.74, 6) is 0. The SMILES string of the molecule is CCCCC1CCC(C)N1C(=O)NC. The molecule has 0 saturated carbocycles. The summed E-state index contributed by atoms with van der Waals surface area (Å²) in [5, 5.41) is 2.73. The first-order chi connectivity index (χ1) is 6.70. The standard InChI is InChI=1S/C11H22N2O/c1-4-5-6-10-8-7-9(2)13(10)11(14)12-3/h9-10H,4-8H2,1-3H3,(H,12,14). The topological polar surface area (TPSA) is 32.3 Å². The maximum absolute atomic E-state index is 11.6. The fourth-order valence-corrected chi connectivity index (χ4v) is 2.29. The van der Waals surface area contributed by atoms with E-state index >= 15 is 0 Å². The van der Waals surface area contributed by atoms with Gasteiger partial charge in [0.25, 0.3) is 0 Å². The van der Waals surface area contributed by atoms with E-state index in [0.29, 0.717) is 12.1 Å². The quantitative estimate of drug-likeness (QED) is 0.742. The van der Waals surface area contributed by atoms with Gasteiger partial charge >= 0.3 is 6.03 Å². The molecule has 1 N–H and O–H groups in total. The third-order valence-corrected chi connectivity index (χ3v) is 3.13. The number of unbranched alkanes of at least 4 members (excludes halogenated alkanes) is 1. The van der Waals surface area contributed by atoms with Crippen molar-refractivity contribution in [2.75, 3.05) is 7.05 Å². The van der Waals surface area contributed by atoms with Crippen molar-refractivity contribution in [2.45, 2.75) is 58.0 Å². The van der Waals surface area contributed by atoms with Crippen LogP contribution in [0.15, 0.2) is 0 Å². The predicted molar refractivity (Wildman–Crippen MR) is 58.3 cm³/mol. The maximum atomic E-state index is 11.6. The molecule has 1 aliphatic rings. The number of hydrogen-bond acceptors (Lipinski definition) is 1. The van der Waals surface area contributed by atoms with E-state index in [0.717, 1.165) is 12.8 Å². The van der Waals surface area contributed by atoms with E-state index in [9.17, 15) is 4.79 Å². The van der Waals surface area contributed by atoms with Crippen molar-refractivity contribution in [2.24, 2.45) is 0 Å². The van der Waals surface area contributed by atoms with Crippen LogP contribution in [-0.2, 0) is 0 Å². The summed E-state index contributed by atoms with van der Waals surface area (Å²) in [6.45, 7) is 4.34. The van der Waals surface area contributed by atoms with Gasteiger partial charge in [0.2, 0.25) is 0 Å². The average Bonchev–Trinajstić information content (AvgIpc) is 2.55. The van der Waals surface area contributed by atoms with Gasteiger partial charge in [0, 0.05) is 19.1 Å². The van der Waals surface area contributed by atoms with Crippen LogP contribution in [0, 0.1) is 0 Å². The van der Waals surface area contributed by atoms with Gasteiger partial charge in [0.1, 0.15) is 0 Å². The molecule has 2 amide bonds. The lowest BCUT2D eigenvalue weighted by Gasteiger charge is -2.28. The molecule has 0 radical (unpaired) electrons. The molecule has 1 rings (SSSR count). The number of carbonyl (C=O) groups excluding carboxylic acids is 1. The zero-order valence-electron chi connectivity index (χ0n) is 9.55. The Balaban J connectivity index is 2.52. The zero-order chi connectivity index (χ0) is 10.6. The summed E-state index contributed by atoms with van der Waals surface area (Å²) in [6, 6.07) is 0.984. The predicted octanol–water partition coefficient (Wildman–Crippen LogP) is 2.37. The van der Waals surface area contributed by atoms with E-state index in [4.69, 9.17) is 0 Å². The molecule has 0 aromatic heterocycles. The van der Waals surface area contributed by atoms with E-state index in [1.54, 1.807) is 7.05 Å². The number of likely N-dealkylation sites (tertiary alicyclic amines) is 1. The second-order valence-electron chi connectivity index (χ2n) is 4.18. The summed E-state index contributed by atoms with van der Waals surface area (Å²) in [6.07, 6.45) is 5.93. The maximum Gasteiger partial charge on any atom is 0.317 e. The molecular weight excluding hydrogens is 176 g/mol. The third-order valence-electron chi connectivity index (χ3n) is 3.13. The van der Waals surface area contributed by atoms with Gasteiger partial charge in [-0.2, -0.15) is 0 Å². The van der Waals surface area contributed by atoms with Crippen molar-refractivity contribution < 1.29 is 4.79 Å².